The molecule has 1 fully saturated rings. The zero-order valence-electron chi connectivity index (χ0n) is 16.7. The summed E-state index contributed by atoms with van der Waals surface area (Å²) in [7, 11) is 1.81. The molecule has 148 valence electrons. The van der Waals surface area contributed by atoms with E-state index in [2.05, 4.69) is 34.4 Å². The Morgan fingerprint density at radius 3 is 2.56 bits per heavy atom. The van der Waals surface area contributed by atoms with Gasteiger partial charge in [-0.25, -0.2) is 0 Å². The van der Waals surface area contributed by atoms with E-state index >= 15 is 0 Å². The molecule has 0 aromatic carbocycles. The molecule has 0 bridgehead atoms. The van der Waals surface area contributed by atoms with Gasteiger partial charge in [0.2, 0.25) is 0 Å². The molecule has 6 nitrogen and oxygen atoms in total. The average molecular weight is 357 g/mol. The fraction of sp³-hybridized carbons (Fsp3) is 0.947. The van der Waals surface area contributed by atoms with Gasteiger partial charge in [-0.2, -0.15) is 0 Å². The number of guanidine groups is 1. The van der Waals surface area contributed by atoms with Crippen LogP contribution in [-0.2, 0) is 9.47 Å². The van der Waals surface area contributed by atoms with Gasteiger partial charge in [0.1, 0.15) is 0 Å². The zero-order chi connectivity index (χ0) is 18.2. The molecule has 25 heavy (non-hydrogen) atoms. The van der Waals surface area contributed by atoms with E-state index in [0.29, 0.717) is 19.8 Å². The predicted octanol–water partition coefficient (Wildman–Crippen LogP) is 2.11. The first-order chi connectivity index (χ1) is 12.3. The molecule has 0 amide bonds. The van der Waals surface area contributed by atoms with Gasteiger partial charge in [-0.3, -0.25) is 4.99 Å². The minimum atomic E-state index is 0.658. The quantitative estimate of drug-likeness (QED) is 0.301. The van der Waals surface area contributed by atoms with Crippen molar-refractivity contribution in [1.82, 2.24) is 15.5 Å². The third-order valence-corrected chi connectivity index (χ3v) is 4.46. The Morgan fingerprint density at radius 2 is 1.84 bits per heavy atom. The van der Waals surface area contributed by atoms with Crippen molar-refractivity contribution in [3.05, 3.63) is 0 Å². The monoisotopic (exact) mass is 356 g/mol. The van der Waals surface area contributed by atoms with Crippen molar-refractivity contribution in [2.45, 2.75) is 46.0 Å². The van der Waals surface area contributed by atoms with Crippen LogP contribution in [0, 0.1) is 5.92 Å². The smallest absolute Gasteiger partial charge is 0.191 e. The number of hydrogen-bond acceptors (Lipinski definition) is 4. The third-order valence-electron chi connectivity index (χ3n) is 4.46. The number of ether oxygens (including phenoxy) is 2. The standard InChI is InChI=1S/C19H40N4O2/c1-4-5-13-24-15-16-25-14-10-22-19(20-3)21-9-7-12-23-11-6-8-18(2)17-23/h18H,4-17H2,1-3H3,(H2,20,21,22). The van der Waals surface area contributed by atoms with E-state index in [-0.39, 0.29) is 0 Å². The summed E-state index contributed by atoms with van der Waals surface area (Å²) in [5, 5.41) is 6.66. The molecule has 2 N–H and O–H groups in total. The van der Waals surface area contributed by atoms with Crippen molar-refractivity contribution in [2.24, 2.45) is 10.9 Å². The summed E-state index contributed by atoms with van der Waals surface area (Å²) in [5.74, 6) is 1.71. The van der Waals surface area contributed by atoms with Crippen LogP contribution in [0.2, 0.25) is 0 Å². The van der Waals surface area contributed by atoms with Crippen molar-refractivity contribution in [3.8, 4) is 0 Å². The maximum atomic E-state index is 5.55. The van der Waals surface area contributed by atoms with Gasteiger partial charge in [0.25, 0.3) is 0 Å². The zero-order valence-corrected chi connectivity index (χ0v) is 16.7. The first-order valence-electron chi connectivity index (χ1n) is 10.1. The van der Waals surface area contributed by atoms with E-state index in [0.717, 1.165) is 44.4 Å². The van der Waals surface area contributed by atoms with Crippen LogP contribution in [0.4, 0.5) is 0 Å². The number of rotatable bonds is 13. The normalized spacial score (nSPS) is 19.2. The lowest BCUT2D eigenvalue weighted by Gasteiger charge is -2.30. The van der Waals surface area contributed by atoms with E-state index in [1.807, 2.05) is 7.05 Å². The van der Waals surface area contributed by atoms with Crippen molar-refractivity contribution in [2.75, 3.05) is 66.2 Å². The van der Waals surface area contributed by atoms with Crippen molar-refractivity contribution in [1.29, 1.82) is 0 Å². The third kappa shape index (κ3) is 12.2. The van der Waals surface area contributed by atoms with Crippen molar-refractivity contribution < 1.29 is 9.47 Å². The maximum Gasteiger partial charge on any atom is 0.191 e. The Hall–Kier alpha value is -0.850. The lowest BCUT2D eigenvalue weighted by atomic mass is 10.0. The molecule has 0 aromatic heterocycles. The van der Waals surface area contributed by atoms with Crippen molar-refractivity contribution >= 4 is 5.96 Å². The molecule has 1 rings (SSSR count). The fourth-order valence-electron chi connectivity index (χ4n) is 3.03. The summed E-state index contributed by atoms with van der Waals surface area (Å²) in [4.78, 5) is 6.84. The first kappa shape index (κ1) is 22.2. The topological polar surface area (TPSA) is 58.1 Å². The Balaban J connectivity index is 1.92. The minimum Gasteiger partial charge on any atom is -0.379 e. The van der Waals surface area contributed by atoms with Gasteiger partial charge in [0.05, 0.1) is 19.8 Å². The summed E-state index contributed by atoms with van der Waals surface area (Å²) in [6, 6.07) is 0. The highest BCUT2D eigenvalue weighted by Crippen LogP contribution is 2.15. The van der Waals surface area contributed by atoms with Gasteiger partial charge in [-0.15, -0.1) is 0 Å². The molecule has 1 heterocycles. The van der Waals surface area contributed by atoms with Gasteiger partial charge in [-0.1, -0.05) is 20.3 Å². The molecular formula is C19H40N4O2. The molecular weight excluding hydrogens is 316 g/mol. The molecule has 0 saturated carbocycles. The van der Waals surface area contributed by atoms with Crippen LogP contribution >= 0.6 is 0 Å². The van der Waals surface area contributed by atoms with Crippen LogP contribution in [0.5, 0.6) is 0 Å². The molecule has 0 aromatic rings. The van der Waals surface area contributed by atoms with Gasteiger partial charge < -0.3 is 25.0 Å². The summed E-state index contributed by atoms with van der Waals surface area (Å²) in [5.41, 5.74) is 0. The van der Waals surface area contributed by atoms with Gasteiger partial charge in [0.15, 0.2) is 5.96 Å². The molecule has 1 atom stereocenters. The van der Waals surface area contributed by atoms with Crippen LogP contribution in [-0.4, -0.2) is 77.1 Å². The van der Waals surface area contributed by atoms with Gasteiger partial charge in [-0.05, 0) is 44.7 Å². The van der Waals surface area contributed by atoms with E-state index in [1.165, 1.54) is 38.9 Å². The second-order valence-electron chi connectivity index (χ2n) is 6.91. The number of nitrogens with one attached hydrogen (secondary N) is 2. The maximum absolute atomic E-state index is 5.55. The highest BCUT2D eigenvalue weighted by molar-refractivity contribution is 5.79. The molecule has 1 aliphatic heterocycles. The van der Waals surface area contributed by atoms with E-state index < -0.39 is 0 Å². The van der Waals surface area contributed by atoms with E-state index in [1.54, 1.807) is 0 Å². The lowest BCUT2D eigenvalue weighted by Crippen LogP contribution is -2.41. The SMILES string of the molecule is CCCCOCCOCCNC(=NC)NCCCN1CCCC(C)C1. The van der Waals surface area contributed by atoms with Gasteiger partial charge in [0, 0.05) is 33.3 Å². The predicted molar refractivity (Wildman–Crippen MR) is 105 cm³/mol. The molecule has 1 aliphatic rings. The average Bonchev–Trinajstić information content (AvgIpc) is 2.62. The highest BCUT2D eigenvalue weighted by atomic mass is 16.5. The second-order valence-corrected chi connectivity index (χ2v) is 6.91. The molecule has 6 heteroatoms. The number of likely N-dealkylation sites (tertiary alicyclic amines) is 1. The largest absolute Gasteiger partial charge is 0.379 e. The van der Waals surface area contributed by atoms with Crippen LogP contribution in [0.3, 0.4) is 0 Å². The molecule has 0 radical (unpaired) electrons. The lowest BCUT2D eigenvalue weighted by molar-refractivity contribution is 0.0487. The minimum absolute atomic E-state index is 0.658. The van der Waals surface area contributed by atoms with Crippen LogP contribution in [0.15, 0.2) is 4.99 Å². The molecule has 0 spiro atoms. The van der Waals surface area contributed by atoms with Crippen LogP contribution < -0.4 is 10.6 Å². The summed E-state index contributed by atoms with van der Waals surface area (Å²) in [6.07, 6.45) is 6.19. The Kier molecular flexibility index (Phi) is 13.7. The highest BCUT2D eigenvalue weighted by Gasteiger charge is 2.15. The van der Waals surface area contributed by atoms with Crippen LogP contribution in [0.1, 0.15) is 46.0 Å². The summed E-state index contributed by atoms with van der Waals surface area (Å²) < 4.78 is 11.0. The van der Waals surface area contributed by atoms with Crippen molar-refractivity contribution in [3.63, 3.8) is 0 Å². The molecule has 1 unspecified atom stereocenters. The second kappa shape index (κ2) is 15.4. The fourth-order valence-corrected chi connectivity index (χ4v) is 3.03. The number of hydrogen-bond donors (Lipinski definition) is 2. The Bertz CT molecular complexity index is 339. The Labute approximate surface area is 154 Å². The van der Waals surface area contributed by atoms with Gasteiger partial charge >= 0.3 is 0 Å². The van der Waals surface area contributed by atoms with E-state index in [4.69, 9.17) is 9.47 Å². The number of piperidine rings is 1. The summed E-state index contributed by atoms with van der Waals surface area (Å²) in [6.45, 7) is 12.8. The number of unbranched alkanes of at least 4 members (excludes halogenated alkanes) is 1. The Morgan fingerprint density at radius 1 is 1.08 bits per heavy atom. The molecule has 1 saturated heterocycles. The molecule has 0 aliphatic carbocycles. The van der Waals surface area contributed by atoms with Crippen LogP contribution in [0.25, 0.3) is 0 Å². The number of aliphatic imine (C=N–C) groups is 1. The first-order valence-corrected chi connectivity index (χ1v) is 10.1. The van der Waals surface area contributed by atoms with E-state index in [9.17, 15) is 0 Å². The summed E-state index contributed by atoms with van der Waals surface area (Å²) >= 11 is 0. The number of nitrogens with zero attached hydrogens (tertiary/aromatic N) is 2.